The van der Waals surface area contributed by atoms with E-state index in [0.717, 1.165) is 18.4 Å². The third kappa shape index (κ3) is 5.30. The van der Waals surface area contributed by atoms with E-state index in [2.05, 4.69) is 15.3 Å². The largest absolute Gasteiger partial charge is 0.357 e. The van der Waals surface area contributed by atoms with Gasteiger partial charge in [-0.2, -0.15) is 0 Å². The summed E-state index contributed by atoms with van der Waals surface area (Å²) in [4.78, 5) is 22.7. The number of likely N-dealkylation sites (tertiary alicyclic amines) is 1. The second-order valence-corrected chi connectivity index (χ2v) is 9.21. The lowest BCUT2D eigenvalue weighted by atomic mass is 10.1. The number of carbonyl (C=O) groups is 1. The molecule has 1 aromatic heterocycles. The van der Waals surface area contributed by atoms with Gasteiger partial charge in [0.25, 0.3) is 5.91 Å². The molecule has 0 unspecified atom stereocenters. The summed E-state index contributed by atoms with van der Waals surface area (Å²) in [5.74, 6) is 0.323. The highest BCUT2D eigenvalue weighted by atomic mass is 32.2. The molecule has 1 fully saturated rings. The molecule has 0 bridgehead atoms. The molecule has 0 radical (unpaired) electrons. The highest BCUT2D eigenvalue weighted by Gasteiger charge is 2.30. The first kappa shape index (κ1) is 21.2. The second kappa shape index (κ2) is 9.32. The number of hydrogen-bond acceptors (Lipinski definition) is 6. The van der Waals surface area contributed by atoms with Gasteiger partial charge in [0.2, 0.25) is 16.0 Å². The lowest BCUT2D eigenvalue weighted by Gasteiger charge is -2.26. The maximum absolute atomic E-state index is 12.8. The number of amides is 1. The van der Waals surface area contributed by atoms with Crippen LogP contribution in [-0.4, -0.2) is 66.7 Å². The van der Waals surface area contributed by atoms with Crippen LogP contribution in [-0.2, 0) is 15.8 Å². The molecule has 1 atom stereocenters. The normalized spacial score (nSPS) is 17.8. The molecule has 2 aromatic rings. The van der Waals surface area contributed by atoms with Crippen LogP contribution in [0.4, 0.5) is 5.95 Å². The highest BCUT2D eigenvalue weighted by Crippen LogP contribution is 2.21. The second-order valence-electron chi connectivity index (χ2n) is 7.18. The van der Waals surface area contributed by atoms with E-state index in [-0.39, 0.29) is 17.7 Å². The number of benzene rings is 1. The van der Waals surface area contributed by atoms with Crippen LogP contribution in [0.25, 0.3) is 0 Å². The minimum atomic E-state index is -3.42. The van der Waals surface area contributed by atoms with Gasteiger partial charge >= 0.3 is 0 Å². The smallest absolute Gasteiger partial charge is 0.256 e. The fourth-order valence-electron chi connectivity index (χ4n) is 3.51. The van der Waals surface area contributed by atoms with Crippen molar-refractivity contribution >= 4 is 21.9 Å². The monoisotopic (exact) mass is 417 g/mol. The summed E-state index contributed by atoms with van der Waals surface area (Å²) in [5, 5.41) is 2.82. The van der Waals surface area contributed by atoms with E-state index in [1.807, 2.05) is 30.3 Å². The minimum absolute atomic E-state index is 0.0152. The predicted molar refractivity (Wildman–Crippen MR) is 112 cm³/mol. The molecular weight excluding hydrogens is 390 g/mol. The number of aromatic nitrogens is 2. The summed E-state index contributed by atoms with van der Waals surface area (Å²) in [7, 11) is -0.0638. The first-order chi connectivity index (χ1) is 13.9. The summed E-state index contributed by atoms with van der Waals surface area (Å²) < 4.78 is 27.1. The molecule has 2 heterocycles. The topological polar surface area (TPSA) is 95.5 Å². The molecule has 1 aliphatic rings. The Balaban J connectivity index is 1.63. The first-order valence-corrected chi connectivity index (χ1v) is 11.3. The van der Waals surface area contributed by atoms with Crippen LogP contribution in [0, 0.1) is 0 Å². The molecule has 0 spiro atoms. The Morgan fingerprint density at radius 3 is 2.52 bits per heavy atom. The number of sulfonamides is 1. The maximum Gasteiger partial charge on any atom is 0.256 e. The van der Waals surface area contributed by atoms with E-state index in [4.69, 9.17) is 0 Å². The van der Waals surface area contributed by atoms with E-state index in [0.29, 0.717) is 31.0 Å². The van der Waals surface area contributed by atoms with Gasteiger partial charge in [-0.1, -0.05) is 30.3 Å². The van der Waals surface area contributed by atoms with Gasteiger partial charge in [0, 0.05) is 45.6 Å². The molecule has 1 amide bonds. The van der Waals surface area contributed by atoms with Crippen molar-refractivity contribution in [2.24, 2.45) is 0 Å². The third-order valence-corrected chi connectivity index (χ3v) is 7.13. The number of nitrogens with zero attached hydrogens (tertiary/aromatic N) is 4. The summed E-state index contributed by atoms with van der Waals surface area (Å²) in [6.07, 6.45) is 5.10. The van der Waals surface area contributed by atoms with Gasteiger partial charge in [-0.15, -0.1) is 0 Å². The highest BCUT2D eigenvalue weighted by molar-refractivity contribution is 7.88. The molecule has 1 aromatic carbocycles. The average Bonchev–Trinajstić information content (AvgIpc) is 2.99. The Kier molecular flexibility index (Phi) is 6.81. The zero-order chi connectivity index (χ0) is 20.9. The average molecular weight is 418 g/mol. The van der Waals surface area contributed by atoms with E-state index < -0.39 is 10.0 Å². The molecule has 156 valence electrons. The zero-order valence-corrected chi connectivity index (χ0v) is 17.6. The van der Waals surface area contributed by atoms with Crippen LogP contribution in [0.2, 0.25) is 0 Å². The molecule has 0 aliphatic carbocycles. The predicted octanol–water partition coefficient (Wildman–Crippen LogP) is 1.97. The van der Waals surface area contributed by atoms with Crippen LogP contribution in [0.15, 0.2) is 42.7 Å². The van der Waals surface area contributed by atoms with Gasteiger partial charge in [0.1, 0.15) is 0 Å². The molecule has 1 N–H and O–H groups in total. The molecule has 3 rings (SSSR count). The Hall–Kier alpha value is -2.52. The zero-order valence-electron chi connectivity index (χ0n) is 16.8. The van der Waals surface area contributed by atoms with Gasteiger partial charge in [-0.05, 0) is 24.8 Å². The molecule has 9 heteroatoms. The fraction of sp³-hybridized carbons (Fsp3) is 0.450. The molecular formula is C20H27N5O3S. The molecule has 8 nitrogen and oxygen atoms in total. The van der Waals surface area contributed by atoms with Crippen molar-refractivity contribution in [3.63, 3.8) is 0 Å². The molecule has 1 aliphatic heterocycles. The van der Waals surface area contributed by atoms with E-state index >= 15 is 0 Å². The van der Waals surface area contributed by atoms with Crippen molar-refractivity contribution in [2.45, 2.75) is 31.1 Å². The lowest BCUT2D eigenvalue weighted by Crippen LogP contribution is -2.39. The van der Waals surface area contributed by atoms with Crippen LogP contribution < -0.4 is 5.32 Å². The van der Waals surface area contributed by atoms with Gasteiger partial charge in [-0.3, -0.25) is 4.79 Å². The summed E-state index contributed by atoms with van der Waals surface area (Å²) in [5.41, 5.74) is 1.21. The van der Waals surface area contributed by atoms with Crippen molar-refractivity contribution in [1.82, 2.24) is 19.2 Å². The van der Waals surface area contributed by atoms with Gasteiger partial charge in [0.15, 0.2) is 0 Å². The van der Waals surface area contributed by atoms with Crippen LogP contribution in [0.1, 0.15) is 35.2 Å². The van der Waals surface area contributed by atoms with Crippen molar-refractivity contribution in [3.05, 3.63) is 53.9 Å². The number of rotatable bonds is 6. The van der Waals surface area contributed by atoms with Crippen molar-refractivity contribution in [1.29, 1.82) is 0 Å². The molecule has 29 heavy (non-hydrogen) atoms. The van der Waals surface area contributed by atoms with Gasteiger partial charge in [0.05, 0.1) is 11.3 Å². The van der Waals surface area contributed by atoms with E-state index in [1.54, 1.807) is 19.0 Å². The summed E-state index contributed by atoms with van der Waals surface area (Å²) >= 11 is 0. The molecule has 0 saturated carbocycles. The summed E-state index contributed by atoms with van der Waals surface area (Å²) in [6.45, 7) is 1.10. The van der Waals surface area contributed by atoms with Gasteiger partial charge < -0.3 is 10.2 Å². The Bertz CT molecular complexity index is 919. The Labute approximate surface area is 172 Å². The fourth-order valence-corrected chi connectivity index (χ4v) is 4.99. The van der Waals surface area contributed by atoms with Crippen LogP contribution in [0.3, 0.4) is 0 Å². The van der Waals surface area contributed by atoms with Crippen LogP contribution >= 0.6 is 0 Å². The maximum atomic E-state index is 12.8. The van der Waals surface area contributed by atoms with Crippen LogP contribution in [0.5, 0.6) is 0 Å². The number of hydrogen-bond donors (Lipinski definition) is 1. The third-order valence-electron chi connectivity index (χ3n) is 5.25. The quantitative estimate of drug-likeness (QED) is 0.772. The minimum Gasteiger partial charge on any atom is -0.357 e. The van der Waals surface area contributed by atoms with Gasteiger partial charge in [-0.25, -0.2) is 22.7 Å². The summed E-state index contributed by atoms with van der Waals surface area (Å²) in [6, 6.07) is 9.07. The van der Waals surface area contributed by atoms with E-state index in [9.17, 15) is 13.2 Å². The molecule has 1 saturated heterocycles. The first-order valence-electron chi connectivity index (χ1n) is 9.69. The lowest BCUT2D eigenvalue weighted by molar-refractivity contribution is 0.0759. The Morgan fingerprint density at radius 1 is 1.17 bits per heavy atom. The number of nitrogens with one attached hydrogen (secondary N) is 1. The van der Waals surface area contributed by atoms with Crippen molar-refractivity contribution in [2.75, 3.05) is 32.5 Å². The SMILES string of the molecule is CNc1ncc(C(=O)N2CCC[C@@H](N(C)S(=O)(=O)Cc3ccccc3)CC2)cn1. The number of carbonyl (C=O) groups excluding carboxylic acids is 1. The Morgan fingerprint density at radius 2 is 1.86 bits per heavy atom. The number of anilines is 1. The van der Waals surface area contributed by atoms with Crippen molar-refractivity contribution < 1.29 is 13.2 Å². The van der Waals surface area contributed by atoms with Crippen molar-refractivity contribution in [3.8, 4) is 0 Å². The van der Waals surface area contributed by atoms with E-state index in [1.165, 1.54) is 16.7 Å². The standard InChI is InChI=1S/C20H27N5O3S/c1-21-20-22-13-17(14-23-20)19(26)25-11-6-9-18(10-12-25)24(2)29(27,28)15-16-7-4-3-5-8-16/h3-5,7-8,13-14,18H,6,9-12,15H2,1-2H3,(H,21,22,23)/t18-/m1/s1.